The first-order valence-corrected chi connectivity index (χ1v) is 7.76. The van der Waals surface area contributed by atoms with Crippen molar-refractivity contribution in [3.63, 3.8) is 0 Å². The number of nitrogens with zero attached hydrogens (tertiary/aromatic N) is 1. The molecule has 0 saturated heterocycles. The quantitative estimate of drug-likeness (QED) is 0.450. The summed E-state index contributed by atoms with van der Waals surface area (Å²) in [6.45, 7) is 5.53. The normalized spacial score (nSPS) is 11.8. The van der Waals surface area contributed by atoms with Crippen LogP contribution in [0.5, 0.6) is 0 Å². The van der Waals surface area contributed by atoms with Gasteiger partial charge in [0.15, 0.2) is 0 Å². The summed E-state index contributed by atoms with van der Waals surface area (Å²) in [5.74, 6) is 0. The van der Waals surface area contributed by atoms with E-state index in [2.05, 4.69) is 28.8 Å². The molecule has 92 valence electrons. The second-order valence-corrected chi connectivity index (χ2v) is 6.49. The van der Waals surface area contributed by atoms with Gasteiger partial charge in [-0.1, -0.05) is 0 Å². The third kappa shape index (κ3) is 4.88. The molecule has 0 amide bonds. The van der Waals surface area contributed by atoms with E-state index in [-0.39, 0.29) is 0 Å². The van der Waals surface area contributed by atoms with Crippen LogP contribution in [0.1, 0.15) is 26.3 Å². The number of aromatic nitrogens is 1. The van der Waals surface area contributed by atoms with Gasteiger partial charge in [-0.2, -0.15) is 0 Å². The zero-order chi connectivity index (χ0) is 13.1. The van der Waals surface area contributed by atoms with Gasteiger partial charge in [-0.25, -0.2) is 0 Å². The van der Waals surface area contributed by atoms with E-state index < -0.39 is 11.7 Å². The van der Waals surface area contributed by atoms with Gasteiger partial charge in [0.05, 0.1) is 0 Å². The van der Waals surface area contributed by atoms with Gasteiger partial charge in [0, 0.05) is 0 Å². The second kappa shape index (κ2) is 6.09. The van der Waals surface area contributed by atoms with E-state index in [0.717, 1.165) is 9.13 Å². The second-order valence-electron chi connectivity index (χ2n) is 4.35. The number of hydrogen-bond donors (Lipinski definition) is 0. The zero-order valence-electron chi connectivity index (χ0n) is 9.86. The molecule has 0 aromatic carbocycles. The van der Waals surface area contributed by atoms with E-state index in [0.29, 0.717) is 0 Å². The molecule has 1 aromatic rings. The van der Waals surface area contributed by atoms with Crippen LogP contribution in [-0.4, -0.2) is 20.7 Å². The molecule has 0 aliphatic heterocycles. The van der Waals surface area contributed by atoms with E-state index in [1.165, 1.54) is 23.9 Å². The Morgan fingerprint density at radius 2 is 2.24 bits per heavy atom. The molecule has 0 N–H and O–H groups in total. The molecule has 1 heterocycles. The summed E-state index contributed by atoms with van der Waals surface area (Å²) < 4.78 is 9.60. The summed E-state index contributed by atoms with van der Waals surface area (Å²) in [6.07, 6.45) is 8.17. The van der Waals surface area contributed by atoms with Crippen LogP contribution in [0, 0.1) is 9.77 Å². The molecule has 5 heteroatoms. The first-order valence-electron chi connectivity index (χ1n) is 4.99. The Kier molecular flexibility index (Phi) is 5.32. The topological polar surface area (TPSA) is 31.2 Å². The molecule has 0 radical (unpaired) electrons. The molecule has 0 bridgehead atoms. The SMILES string of the molecule is CC(C)(C)OC(=O)n1[c-]c(/C=C\[CH]=[W])c(I)c1. The van der Waals surface area contributed by atoms with Crippen molar-refractivity contribution in [2.45, 2.75) is 26.4 Å². The van der Waals surface area contributed by atoms with Gasteiger partial charge < -0.3 is 0 Å². The van der Waals surface area contributed by atoms with Crippen LogP contribution in [0.15, 0.2) is 12.3 Å². The van der Waals surface area contributed by atoms with Crippen LogP contribution in [0.4, 0.5) is 4.79 Å². The van der Waals surface area contributed by atoms with E-state index in [1.54, 1.807) is 6.20 Å². The zero-order valence-corrected chi connectivity index (χ0v) is 15.0. The van der Waals surface area contributed by atoms with Gasteiger partial charge in [-0.15, -0.1) is 0 Å². The van der Waals surface area contributed by atoms with Gasteiger partial charge in [-0.05, 0) is 0 Å². The molecular formula is C12H13INO2W-. The standard InChI is InChI=1S/C12H13INO2.W/c1-5-6-9-7-14(8-10(9)13)11(15)16-12(2,3)4;/h1,5-6,8H,2-4H3;/q-1;/b6-5-;. The number of allylic oxidation sites excluding steroid dienone is 1. The van der Waals surface area contributed by atoms with Crippen LogP contribution < -0.4 is 0 Å². The maximum absolute atomic E-state index is 11.8. The van der Waals surface area contributed by atoms with Crippen molar-refractivity contribution in [3.8, 4) is 0 Å². The fraction of sp³-hybridized carbons (Fsp3) is 0.333. The van der Waals surface area contributed by atoms with Crippen molar-refractivity contribution in [1.29, 1.82) is 0 Å². The van der Waals surface area contributed by atoms with Gasteiger partial charge in [-0.3, -0.25) is 0 Å². The van der Waals surface area contributed by atoms with Gasteiger partial charge in [0.25, 0.3) is 0 Å². The fourth-order valence-electron chi connectivity index (χ4n) is 1.06. The Hall–Kier alpha value is -0.222. The Bertz CT molecular complexity index is 458. The molecule has 0 aliphatic rings. The third-order valence-electron chi connectivity index (χ3n) is 1.67. The first-order chi connectivity index (χ1) is 7.83. The number of carbonyl (C=O) groups is 1. The molecule has 0 atom stereocenters. The minimum absolute atomic E-state index is 0.402. The molecular weight excluding hydrogens is 501 g/mol. The predicted octanol–water partition coefficient (Wildman–Crippen LogP) is 3.04. The van der Waals surface area contributed by atoms with Crippen LogP contribution in [0.3, 0.4) is 0 Å². The van der Waals surface area contributed by atoms with Crippen LogP contribution >= 0.6 is 22.6 Å². The molecule has 0 spiro atoms. The molecule has 0 aliphatic carbocycles. The van der Waals surface area contributed by atoms with Crippen molar-refractivity contribution < 1.29 is 28.9 Å². The number of carbonyl (C=O) groups excluding carboxylic acids is 1. The number of rotatable bonds is 2. The molecule has 1 rings (SSSR count). The molecule has 3 nitrogen and oxygen atoms in total. The molecule has 17 heavy (non-hydrogen) atoms. The van der Waals surface area contributed by atoms with Crippen LogP contribution in [0.2, 0.25) is 0 Å². The van der Waals surface area contributed by atoms with Crippen molar-refractivity contribution in [2.24, 2.45) is 0 Å². The molecule has 0 fully saturated rings. The van der Waals surface area contributed by atoms with Crippen molar-refractivity contribution >= 4 is 39.2 Å². The van der Waals surface area contributed by atoms with Crippen LogP contribution in [0.25, 0.3) is 6.08 Å². The maximum atomic E-state index is 11.8. The monoisotopic (exact) mass is 514 g/mol. The summed E-state index contributed by atoms with van der Waals surface area (Å²) in [7, 11) is 0. The fourth-order valence-corrected chi connectivity index (χ4v) is 1.92. The predicted molar refractivity (Wildman–Crippen MR) is 72.7 cm³/mol. The Balaban J connectivity index is 2.90. The summed E-state index contributed by atoms with van der Waals surface area (Å²) in [4.78, 5) is 11.8. The van der Waals surface area contributed by atoms with Crippen molar-refractivity contribution in [2.75, 3.05) is 0 Å². The Morgan fingerprint density at radius 1 is 1.59 bits per heavy atom. The van der Waals surface area contributed by atoms with Gasteiger partial charge in [0.1, 0.15) is 0 Å². The van der Waals surface area contributed by atoms with Crippen molar-refractivity contribution in [1.82, 2.24) is 4.57 Å². The third-order valence-corrected chi connectivity index (χ3v) is 3.10. The minimum atomic E-state index is -0.489. The number of hydrogen-bond acceptors (Lipinski definition) is 2. The summed E-state index contributed by atoms with van der Waals surface area (Å²) in [5, 5.41) is 0. The van der Waals surface area contributed by atoms with Gasteiger partial charge in [0.2, 0.25) is 0 Å². The van der Waals surface area contributed by atoms with E-state index in [1.807, 2.05) is 37.3 Å². The van der Waals surface area contributed by atoms with E-state index in [9.17, 15) is 4.79 Å². The molecule has 1 aromatic heterocycles. The molecule has 0 unspecified atom stereocenters. The molecule has 0 saturated carbocycles. The number of ether oxygens (including phenoxy) is 1. The summed E-state index contributed by atoms with van der Waals surface area (Å²) in [5.41, 5.74) is 0.408. The Labute approximate surface area is 126 Å². The van der Waals surface area contributed by atoms with E-state index >= 15 is 0 Å². The summed E-state index contributed by atoms with van der Waals surface area (Å²) >= 11 is 3.56. The van der Waals surface area contributed by atoms with Crippen molar-refractivity contribution in [3.05, 3.63) is 27.6 Å². The Morgan fingerprint density at radius 3 is 2.76 bits per heavy atom. The average molecular weight is 514 g/mol. The summed E-state index contributed by atoms with van der Waals surface area (Å²) in [6, 6.07) is 0. The first kappa shape index (κ1) is 14.8. The average Bonchev–Trinajstić information content (AvgIpc) is 2.54. The number of halogens is 1. The van der Waals surface area contributed by atoms with Crippen LogP contribution in [-0.2, 0) is 24.1 Å². The van der Waals surface area contributed by atoms with E-state index in [4.69, 9.17) is 4.74 Å². The van der Waals surface area contributed by atoms with Gasteiger partial charge >= 0.3 is 127 Å².